The number of phosphoric acid groups is 1. The van der Waals surface area contributed by atoms with Gasteiger partial charge in [-0.25, -0.2) is 4.57 Å². The summed E-state index contributed by atoms with van der Waals surface area (Å²) in [6.45, 7) is 4.73. The fourth-order valence-electron chi connectivity index (χ4n) is 9.71. The molecule has 0 aromatic carbocycles. The normalized spacial score (nSPS) is 13.3. The Kier molecular flexibility index (Phi) is 58.0. The lowest BCUT2D eigenvalue weighted by atomic mass is 10.0. The average molecular weight is 1100 g/mol. The van der Waals surface area contributed by atoms with Crippen LogP contribution in [0.15, 0.2) is 12.2 Å². The number of rotatable bonds is 62. The van der Waals surface area contributed by atoms with Crippen LogP contribution >= 0.6 is 7.82 Å². The second-order valence-electron chi connectivity index (χ2n) is 22.3. The highest BCUT2D eigenvalue weighted by molar-refractivity contribution is 7.47. The molecule has 0 heterocycles. The van der Waals surface area contributed by atoms with Crippen LogP contribution in [0, 0.1) is 0 Å². The number of ether oxygens (including phenoxy) is 3. The molecule has 0 aliphatic carbocycles. The van der Waals surface area contributed by atoms with Crippen molar-refractivity contribution in [1.29, 1.82) is 0 Å². The number of aliphatic hydroxyl groups excluding tert-OH is 1. The third-order valence-electron chi connectivity index (χ3n) is 14.7. The monoisotopic (exact) mass is 1100 g/mol. The molecule has 0 spiro atoms. The Bertz CT molecular complexity index is 1330. The summed E-state index contributed by atoms with van der Waals surface area (Å²) in [4.78, 5) is 48.7. The molecule has 0 aliphatic heterocycles. The highest BCUT2D eigenvalue weighted by Crippen LogP contribution is 2.43. The van der Waals surface area contributed by atoms with Crippen molar-refractivity contribution >= 4 is 25.7 Å². The number of unbranched alkanes of at least 4 members (excludes halogenated alkanes) is 43. The molecule has 12 heteroatoms. The lowest BCUT2D eigenvalue weighted by molar-refractivity contribution is -0.161. The molecule has 2 N–H and O–H groups in total. The minimum atomic E-state index is -4.74. The Balaban J connectivity index is 4.65. The number of phosphoric ester groups is 1. The molecule has 0 bridgehead atoms. The Morgan fingerprint density at radius 3 is 0.908 bits per heavy atom. The maximum Gasteiger partial charge on any atom is 0.472 e. The molecule has 3 atom stereocenters. The van der Waals surface area contributed by atoms with E-state index in [-0.39, 0.29) is 25.9 Å². The number of carbonyl (C=O) groups is 3. The average Bonchev–Trinajstić information content (AvgIpc) is 3.41. The minimum absolute atomic E-state index is 0.176. The molecule has 0 aromatic heterocycles. The summed E-state index contributed by atoms with van der Waals surface area (Å²) >= 11 is 0. The summed E-state index contributed by atoms with van der Waals surface area (Å²) in [6, 6.07) is 0. The number of aliphatic hydroxyl groups is 1. The highest BCUT2D eigenvalue weighted by atomic mass is 31.2. The summed E-state index contributed by atoms with van der Waals surface area (Å²) in [5.74, 6) is -1.43. The van der Waals surface area contributed by atoms with Crippen LogP contribution in [0.2, 0.25) is 0 Å². The predicted molar refractivity (Wildman–Crippen MR) is 317 cm³/mol. The van der Waals surface area contributed by atoms with Crippen LogP contribution in [-0.4, -0.2) is 66.5 Å². The number of esters is 3. The summed E-state index contributed by atoms with van der Waals surface area (Å²) in [5, 5.41) is 9.83. The quantitative estimate of drug-likeness (QED) is 0.0197. The van der Waals surface area contributed by atoms with Crippen molar-refractivity contribution in [2.45, 2.75) is 354 Å². The smallest absolute Gasteiger partial charge is 0.462 e. The summed E-state index contributed by atoms with van der Waals surface area (Å²) < 4.78 is 39.7. The van der Waals surface area contributed by atoms with Crippen LogP contribution in [0.1, 0.15) is 342 Å². The van der Waals surface area contributed by atoms with Crippen LogP contribution in [0.4, 0.5) is 0 Å². The van der Waals surface area contributed by atoms with Crippen molar-refractivity contribution < 1.29 is 52.2 Å². The van der Waals surface area contributed by atoms with E-state index >= 15 is 0 Å². The third-order valence-corrected chi connectivity index (χ3v) is 15.6. The minimum Gasteiger partial charge on any atom is -0.462 e. The first-order chi connectivity index (χ1) is 37.2. The Labute approximate surface area is 468 Å². The Morgan fingerprint density at radius 2 is 0.605 bits per heavy atom. The van der Waals surface area contributed by atoms with E-state index in [1.165, 1.54) is 218 Å². The summed E-state index contributed by atoms with van der Waals surface area (Å²) in [5.41, 5.74) is 0. The number of hydrogen-bond acceptors (Lipinski definition) is 10. The zero-order valence-electron chi connectivity index (χ0n) is 50.0. The van der Waals surface area contributed by atoms with Gasteiger partial charge < -0.3 is 24.2 Å². The van der Waals surface area contributed by atoms with Crippen LogP contribution < -0.4 is 0 Å². The second-order valence-corrected chi connectivity index (χ2v) is 23.8. The van der Waals surface area contributed by atoms with Gasteiger partial charge in [0.1, 0.15) is 12.7 Å². The maximum atomic E-state index is 13.0. The van der Waals surface area contributed by atoms with Crippen LogP contribution in [0.25, 0.3) is 0 Å². The van der Waals surface area contributed by atoms with Gasteiger partial charge in [-0.15, -0.1) is 0 Å². The third kappa shape index (κ3) is 56.9. The molecule has 0 amide bonds. The number of hydrogen-bond donors (Lipinski definition) is 2. The molecule has 450 valence electrons. The predicted octanol–water partition coefficient (Wildman–Crippen LogP) is 19.6. The van der Waals surface area contributed by atoms with Crippen molar-refractivity contribution in [1.82, 2.24) is 0 Å². The van der Waals surface area contributed by atoms with Crippen molar-refractivity contribution in [3.63, 3.8) is 0 Å². The molecule has 0 fully saturated rings. The molecule has 0 rings (SSSR count). The van der Waals surface area contributed by atoms with Gasteiger partial charge in [0.25, 0.3) is 0 Å². The molecular weight excluding hydrogens is 976 g/mol. The lowest BCUT2D eigenvalue weighted by Crippen LogP contribution is -2.30. The molecule has 0 saturated heterocycles. The zero-order chi connectivity index (χ0) is 55.5. The van der Waals surface area contributed by atoms with Crippen molar-refractivity contribution in [2.24, 2.45) is 0 Å². The highest BCUT2D eigenvalue weighted by Gasteiger charge is 2.28. The molecule has 0 saturated carbocycles. The van der Waals surface area contributed by atoms with Crippen LogP contribution in [0.5, 0.6) is 0 Å². The second kappa shape index (κ2) is 59.3. The molecule has 0 aromatic rings. The van der Waals surface area contributed by atoms with Gasteiger partial charge in [0.2, 0.25) is 0 Å². The van der Waals surface area contributed by atoms with E-state index in [1.807, 2.05) is 0 Å². The van der Waals surface area contributed by atoms with E-state index in [0.717, 1.165) is 64.2 Å². The maximum absolute atomic E-state index is 13.0. The van der Waals surface area contributed by atoms with Crippen LogP contribution in [0.3, 0.4) is 0 Å². The topological polar surface area (TPSA) is 155 Å². The van der Waals surface area contributed by atoms with Gasteiger partial charge in [-0.05, 0) is 44.9 Å². The van der Waals surface area contributed by atoms with E-state index < -0.39 is 57.8 Å². The van der Waals surface area contributed by atoms with Gasteiger partial charge in [0.05, 0.1) is 19.8 Å². The van der Waals surface area contributed by atoms with Crippen molar-refractivity contribution in [3.05, 3.63) is 12.2 Å². The van der Waals surface area contributed by atoms with Gasteiger partial charge in [-0.2, -0.15) is 0 Å². The van der Waals surface area contributed by atoms with Gasteiger partial charge in [0, 0.05) is 19.3 Å². The molecule has 0 aliphatic rings. The molecule has 0 radical (unpaired) electrons. The molecule has 11 nitrogen and oxygen atoms in total. The summed E-state index contributed by atoms with van der Waals surface area (Å²) in [6.07, 6.45) is 60.2. The van der Waals surface area contributed by atoms with Gasteiger partial charge in [0.15, 0.2) is 6.10 Å². The number of carbonyl (C=O) groups excluding carboxylic acids is 3. The zero-order valence-corrected chi connectivity index (χ0v) is 50.9. The first kappa shape index (κ1) is 74.2. The van der Waals surface area contributed by atoms with Gasteiger partial charge in [-0.1, -0.05) is 290 Å². The molecule has 3 unspecified atom stereocenters. The van der Waals surface area contributed by atoms with E-state index in [4.69, 9.17) is 23.3 Å². The largest absolute Gasteiger partial charge is 0.472 e. The van der Waals surface area contributed by atoms with E-state index in [2.05, 4.69) is 32.9 Å². The fraction of sp³-hybridized carbons (Fsp3) is 0.922. The van der Waals surface area contributed by atoms with Crippen LogP contribution in [-0.2, 0) is 42.2 Å². The standard InChI is InChI=1S/C64H123O11P/c1-4-7-10-13-16-19-22-25-27-29-30-32-34-37-40-43-46-49-52-55-64(68)75-61(57-71-62(66)53-50-47-44-41-38-36-33-31-28-26-23-20-17-14-11-8-5-2)59-73-76(69,70)72-58-60(56-65)74-63(67)54-51-48-45-42-39-35-24-21-18-15-12-9-6-3/h26,28,60-61,65H,4-25,27,29-59H2,1-3H3,(H,69,70)/b28-26-. The Hall–Kier alpha value is -1.78. The number of allylic oxidation sites excluding steroid dienone is 2. The molecule has 76 heavy (non-hydrogen) atoms. The Morgan fingerprint density at radius 1 is 0.355 bits per heavy atom. The van der Waals surface area contributed by atoms with Crippen molar-refractivity contribution in [3.8, 4) is 0 Å². The van der Waals surface area contributed by atoms with Gasteiger partial charge >= 0.3 is 25.7 Å². The van der Waals surface area contributed by atoms with E-state index in [0.29, 0.717) is 19.3 Å². The first-order valence-electron chi connectivity index (χ1n) is 32.6. The first-order valence-corrected chi connectivity index (χ1v) is 34.1. The SMILES string of the molecule is CCCCCCCC/C=C\CCCCCCCCCC(=O)OCC(COP(=O)(O)OCC(CO)OC(=O)CCCCCCCCCCCCCCC)OC(=O)CCCCCCCCCCCCCCCCCCCCC. The molecular formula is C64H123O11P. The lowest BCUT2D eigenvalue weighted by Gasteiger charge is -2.21. The summed E-state index contributed by atoms with van der Waals surface area (Å²) in [7, 11) is -4.74. The van der Waals surface area contributed by atoms with Crippen molar-refractivity contribution in [2.75, 3.05) is 26.4 Å². The fourth-order valence-corrected chi connectivity index (χ4v) is 10.5. The van der Waals surface area contributed by atoms with E-state index in [1.54, 1.807) is 0 Å². The van der Waals surface area contributed by atoms with Gasteiger partial charge in [-0.3, -0.25) is 23.4 Å². The van der Waals surface area contributed by atoms with E-state index in [9.17, 15) is 28.9 Å².